The van der Waals surface area contributed by atoms with Crippen molar-refractivity contribution in [2.24, 2.45) is 0 Å². The van der Waals surface area contributed by atoms with Crippen LogP contribution in [0.4, 0.5) is 11.4 Å². The molecule has 0 aliphatic carbocycles. The third-order valence-corrected chi connectivity index (χ3v) is 6.12. The maximum Gasteiger partial charge on any atom is 0.253 e. The Morgan fingerprint density at radius 3 is 2.19 bits per heavy atom. The van der Waals surface area contributed by atoms with Gasteiger partial charge < -0.3 is 10.6 Å². The normalized spacial score (nSPS) is 12.2. The number of sulfonamides is 1. The van der Waals surface area contributed by atoms with Gasteiger partial charge in [0.2, 0.25) is 15.9 Å². The molecule has 0 aliphatic rings. The number of anilines is 2. The molecular formula is C23H31N3O4S. The Kier molecular flexibility index (Phi) is 7.84. The van der Waals surface area contributed by atoms with Gasteiger partial charge in [-0.15, -0.1) is 0 Å². The zero-order chi connectivity index (χ0) is 23.3. The molecular weight excluding hydrogens is 414 g/mol. The highest BCUT2D eigenvalue weighted by Crippen LogP contribution is 2.28. The zero-order valence-corrected chi connectivity index (χ0v) is 19.8. The summed E-state index contributed by atoms with van der Waals surface area (Å²) >= 11 is 0. The van der Waals surface area contributed by atoms with E-state index in [-0.39, 0.29) is 11.9 Å². The zero-order valence-electron chi connectivity index (χ0n) is 18.9. The monoisotopic (exact) mass is 445 g/mol. The first-order valence-corrected chi connectivity index (χ1v) is 12.0. The van der Waals surface area contributed by atoms with Crippen LogP contribution in [0.1, 0.15) is 47.3 Å². The van der Waals surface area contributed by atoms with Crippen molar-refractivity contribution in [3.05, 3.63) is 58.7 Å². The average Bonchev–Trinajstić information content (AvgIpc) is 2.65. The number of rotatable bonds is 8. The number of para-hydroxylation sites is 1. The highest BCUT2D eigenvalue weighted by atomic mass is 32.2. The summed E-state index contributed by atoms with van der Waals surface area (Å²) in [5.41, 5.74) is 3.70. The molecule has 0 radical (unpaired) electrons. The van der Waals surface area contributed by atoms with Gasteiger partial charge in [-0.1, -0.05) is 36.8 Å². The number of carbonyl (C=O) groups excluding carboxylic acids is 2. The van der Waals surface area contributed by atoms with Crippen LogP contribution in [0.15, 0.2) is 36.4 Å². The highest BCUT2D eigenvalue weighted by Gasteiger charge is 2.25. The van der Waals surface area contributed by atoms with E-state index < -0.39 is 22.5 Å². The molecule has 168 valence electrons. The molecule has 0 aliphatic heterocycles. The number of hydrogen-bond acceptors (Lipinski definition) is 4. The first-order valence-electron chi connectivity index (χ1n) is 10.2. The summed E-state index contributed by atoms with van der Waals surface area (Å²) in [6.45, 7) is 9.04. The lowest BCUT2D eigenvalue weighted by Gasteiger charge is -2.26. The van der Waals surface area contributed by atoms with Crippen LogP contribution in [-0.2, 0) is 14.8 Å². The predicted octanol–water partition coefficient (Wildman–Crippen LogP) is 3.54. The van der Waals surface area contributed by atoms with Crippen LogP contribution in [0.3, 0.4) is 0 Å². The van der Waals surface area contributed by atoms with E-state index in [1.54, 1.807) is 24.3 Å². The summed E-state index contributed by atoms with van der Waals surface area (Å²) in [6.07, 6.45) is 1.85. The van der Waals surface area contributed by atoms with Crippen LogP contribution in [0.25, 0.3) is 0 Å². The van der Waals surface area contributed by atoms with E-state index in [9.17, 15) is 18.0 Å². The smallest absolute Gasteiger partial charge is 0.253 e. The molecule has 0 saturated heterocycles. The Bertz CT molecular complexity index is 1060. The molecule has 2 N–H and O–H groups in total. The number of nitrogens with zero attached hydrogens (tertiary/aromatic N) is 1. The van der Waals surface area contributed by atoms with Gasteiger partial charge >= 0.3 is 0 Å². The first kappa shape index (κ1) is 24.4. The SMILES string of the molecule is CC[C@H](C)NC(=O)c1ccccc1NC(=O)CN(c1c(C)cc(C)cc1C)S(C)(=O)=O. The molecule has 7 nitrogen and oxygen atoms in total. The maximum absolute atomic E-state index is 12.8. The standard InChI is InChI=1S/C23H31N3O4S/c1-7-18(5)24-23(28)19-10-8-9-11-20(19)25-21(27)14-26(31(6,29)30)22-16(3)12-15(2)13-17(22)4/h8-13,18H,7,14H2,1-6H3,(H,24,28)(H,25,27)/t18-/m0/s1. The molecule has 2 rings (SSSR count). The molecule has 31 heavy (non-hydrogen) atoms. The fourth-order valence-corrected chi connectivity index (χ4v) is 4.41. The van der Waals surface area contributed by atoms with Crippen molar-refractivity contribution in [3.8, 4) is 0 Å². The topological polar surface area (TPSA) is 95.6 Å². The minimum absolute atomic E-state index is 0.00975. The Morgan fingerprint density at radius 1 is 1.06 bits per heavy atom. The summed E-state index contributed by atoms with van der Waals surface area (Å²) in [6, 6.07) is 10.4. The summed E-state index contributed by atoms with van der Waals surface area (Å²) in [7, 11) is -3.72. The van der Waals surface area contributed by atoms with Crippen LogP contribution < -0.4 is 14.9 Å². The molecule has 0 fully saturated rings. The number of benzene rings is 2. The second-order valence-electron chi connectivity index (χ2n) is 7.89. The number of carbonyl (C=O) groups is 2. The second kappa shape index (κ2) is 9.96. The Hall–Kier alpha value is -2.87. The molecule has 8 heteroatoms. The molecule has 1 atom stereocenters. The van der Waals surface area contributed by atoms with Crippen LogP contribution in [0.2, 0.25) is 0 Å². The van der Waals surface area contributed by atoms with Gasteiger partial charge in [0.25, 0.3) is 5.91 Å². The summed E-state index contributed by atoms with van der Waals surface area (Å²) < 4.78 is 26.1. The van der Waals surface area contributed by atoms with Gasteiger partial charge in [0.05, 0.1) is 23.2 Å². The lowest BCUT2D eigenvalue weighted by Crippen LogP contribution is -2.39. The minimum atomic E-state index is -3.72. The molecule has 0 spiro atoms. The lowest BCUT2D eigenvalue weighted by molar-refractivity contribution is -0.114. The molecule has 2 amide bonds. The first-order chi connectivity index (χ1) is 14.4. The van der Waals surface area contributed by atoms with Gasteiger partial charge in [-0.05, 0) is 57.4 Å². The Labute approximate surface area is 184 Å². The van der Waals surface area contributed by atoms with Gasteiger partial charge in [0.15, 0.2) is 0 Å². The van der Waals surface area contributed by atoms with Crippen LogP contribution in [0.5, 0.6) is 0 Å². The predicted molar refractivity (Wildman–Crippen MR) is 125 cm³/mol. The van der Waals surface area contributed by atoms with E-state index in [0.717, 1.165) is 33.7 Å². The van der Waals surface area contributed by atoms with Crippen LogP contribution in [-0.4, -0.2) is 39.1 Å². The van der Waals surface area contributed by atoms with Gasteiger partial charge in [-0.3, -0.25) is 13.9 Å². The number of amides is 2. The molecule has 2 aromatic rings. The van der Waals surface area contributed by atoms with Crippen molar-refractivity contribution < 1.29 is 18.0 Å². The third kappa shape index (κ3) is 6.30. The van der Waals surface area contributed by atoms with E-state index in [0.29, 0.717) is 16.9 Å². The quantitative estimate of drug-likeness (QED) is 0.650. The van der Waals surface area contributed by atoms with Gasteiger partial charge in [0.1, 0.15) is 6.54 Å². The lowest BCUT2D eigenvalue weighted by atomic mass is 10.1. The fourth-order valence-electron chi connectivity index (χ4n) is 3.44. The van der Waals surface area contributed by atoms with E-state index in [2.05, 4.69) is 10.6 Å². The number of nitrogens with one attached hydrogen (secondary N) is 2. The largest absolute Gasteiger partial charge is 0.350 e. The second-order valence-corrected chi connectivity index (χ2v) is 9.80. The summed E-state index contributed by atoms with van der Waals surface area (Å²) in [5.74, 6) is -0.830. The van der Waals surface area contributed by atoms with Crippen molar-refractivity contribution in [2.45, 2.75) is 47.1 Å². The molecule has 0 bridgehead atoms. The minimum Gasteiger partial charge on any atom is -0.350 e. The maximum atomic E-state index is 12.8. The van der Waals surface area contributed by atoms with Gasteiger partial charge in [-0.25, -0.2) is 8.42 Å². The Morgan fingerprint density at radius 2 is 1.65 bits per heavy atom. The van der Waals surface area contributed by atoms with E-state index in [1.807, 2.05) is 46.8 Å². The van der Waals surface area contributed by atoms with Crippen LogP contribution in [0, 0.1) is 20.8 Å². The van der Waals surface area contributed by atoms with Gasteiger partial charge in [0, 0.05) is 6.04 Å². The van der Waals surface area contributed by atoms with Crippen molar-refractivity contribution in [2.75, 3.05) is 22.4 Å². The molecule has 0 saturated carbocycles. The van der Waals surface area contributed by atoms with E-state index >= 15 is 0 Å². The highest BCUT2D eigenvalue weighted by molar-refractivity contribution is 7.92. The molecule has 0 heterocycles. The van der Waals surface area contributed by atoms with Gasteiger partial charge in [-0.2, -0.15) is 0 Å². The van der Waals surface area contributed by atoms with Crippen molar-refractivity contribution in [3.63, 3.8) is 0 Å². The van der Waals surface area contributed by atoms with Crippen molar-refractivity contribution in [1.82, 2.24) is 5.32 Å². The molecule has 2 aromatic carbocycles. The number of hydrogen-bond donors (Lipinski definition) is 2. The van der Waals surface area contributed by atoms with Crippen molar-refractivity contribution >= 4 is 33.2 Å². The Balaban J connectivity index is 2.31. The number of aryl methyl sites for hydroxylation is 3. The van der Waals surface area contributed by atoms with E-state index in [1.165, 1.54) is 0 Å². The van der Waals surface area contributed by atoms with Crippen LogP contribution >= 0.6 is 0 Å². The van der Waals surface area contributed by atoms with E-state index in [4.69, 9.17) is 0 Å². The summed E-state index contributed by atoms with van der Waals surface area (Å²) in [5, 5.41) is 5.57. The summed E-state index contributed by atoms with van der Waals surface area (Å²) in [4.78, 5) is 25.4. The fraction of sp³-hybridized carbons (Fsp3) is 0.391. The molecule has 0 unspecified atom stereocenters. The average molecular weight is 446 g/mol. The molecule has 0 aromatic heterocycles. The van der Waals surface area contributed by atoms with Crippen molar-refractivity contribution in [1.29, 1.82) is 0 Å². The third-order valence-electron chi connectivity index (χ3n) is 5.01.